The first-order valence-corrected chi connectivity index (χ1v) is 2.88. The lowest BCUT2D eigenvalue weighted by Crippen LogP contribution is -2.08. The fourth-order valence-corrected chi connectivity index (χ4v) is 0.389. The quantitative estimate of drug-likeness (QED) is 0.511. The minimum Gasteiger partial charge on any atom is -0.330 e. The van der Waals surface area contributed by atoms with E-state index >= 15 is 0 Å². The number of nitrogens with two attached hydrogens (primary N) is 2. The molecule has 0 saturated carbocycles. The van der Waals surface area contributed by atoms with Crippen LogP contribution in [0.4, 0.5) is 0 Å². The molecular formula is C6H14N2. The molecule has 0 rings (SSSR count). The summed E-state index contributed by atoms with van der Waals surface area (Å²) < 4.78 is 0. The van der Waals surface area contributed by atoms with E-state index in [0.29, 0.717) is 19.0 Å². The zero-order chi connectivity index (χ0) is 6.41. The van der Waals surface area contributed by atoms with Gasteiger partial charge in [0.1, 0.15) is 0 Å². The summed E-state index contributed by atoms with van der Waals surface area (Å²) in [4.78, 5) is 0. The van der Waals surface area contributed by atoms with Crippen molar-refractivity contribution in [3.05, 3.63) is 12.2 Å². The van der Waals surface area contributed by atoms with Crippen molar-refractivity contribution in [2.24, 2.45) is 17.4 Å². The summed E-state index contributed by atoms with van der Waals surface area (Å²) in [5.74, 6) is 0.471. The van der Waals surface area contributed by atoms with Crippen molar-refractivity contribution < 1.29 is 0 Å². The summed E-state index contributed by atoms with van der Waals surface area (Å²) in [5, 5.41) is 0. The topological polar surface area (TPSA) is 52.0 Å². The molecule has 0 aromatic carbocycles. The van der Waals surface area contributed by atoms with Gasteiger partial charge in [0.15, 0.2) is 0 Å². The molecule has 2 heteroatoms. The van der Waals surface area contributed by atoms with E-state index in [1.54, 1.807) is 0 Å². The molecular weight excluding hydrogens is 100 g/mol. The van der Waals surface area contributed by atoms with Gasteiger partial charge >= 0.3 is 0 Å². The Morgan fingerprint density at radius 2 is 2.12 bits per heavy atom. The fraction of sp³-hybridized carbons (Fsp3) is 0.667. The molecule has 2 nitrogen and oxygen atoms in total. The van der Waals surface area contributed by atoms with Crippen molar-refractivity contribution in [3.8, 4) is 0 Å². The maximum absolute atomic E-state index is 5.32. The monoisotopic (exact) mass is 114 g/mol. The summed E-state index contributed by atoms with van der Waals surface area (Å²) in [6.45, 7) is 3.38. The maximum Gasteiger partial charge on any atom is 0.0106 e. The Kier molecular flexibility index (Phi) is 4.61. The van der Waals surface area contributed by atoms with Crippen LogP contribution in [0.5, 0.6) is 0 Å². The Balaban J connectivity index is 3.21. The van der Waals surface area contributed by atoms with Crippen molar-refractivity contribution >= 4 is 0 Å². The van der Waals surface area contributed by atoms with Crippen LogP contribution >= 0.6 is 0 Å². The van der Waals surface area contributed by atoms with Gasteiger partial charge in [-0.25, -0.2) is 0 Å². The van der Waals surface area contributed by atoms with E-state index in [1.165, 1.54) is 0 Å². The third-order valence-electron chi connectivity index (χ3n) is 0.972. The van der Waals surface area contributed by atoms with Gasteiger partial charge in [-0.05, 0) is 12.5 Å². The summed E-state index contributed by atoms with van der Waals surface area (Å²) in [6.07, 6.45) is 3.96. The average Bonchev–Trinajstić information content (AvgIpc) is 1.83. The van der Waals surface area contributed by atoms with Crippen molar-refractivity contribution in [3.63, 3.8) is 0 Å². The minimum atomic E-state index is 0.471. The van der Waals surface area contributed by atoms with Gasteiger partial charge in [-0.3, -0.25) is 0 Å². The predicted octanol–water partition coefficient (Wildman–Crippen LogP) is 0.0961. The molecule has 0 fully saturated rings. The van der Waals surface area contributed by atoms with Crippen molar-refractivity contribution in [2.75, 3.05) is 13.1 Å². The Morgan fingerprint density at radius 1 is 1.50 bits per heavy atom. The molecule has 0 aliphatic carbocycles. The van der Waals surface area contributed by atoms with Gasteiger partial charge in [0, 0.05) is 6.54 Å². The summed E-state index contributed by atoms with van der Waals surface area (Å²) in [7, 11) is 0. The third kappa shape index (κ3) is 3.84. The molecule has 0 spiro atoms. The minimum absolute atomic E-state index is 0.471. The highest BCUT2D eigenvalue weighted by Crippen LogP contribution is 1.90. The molecule has 0 radical (unpaired) electrons. The Hall–Kier alpha value is -0.340. The zero-order valence-electron chi connectivity index (χ0n) is 5.30. The zero-order valence-corrected chi connectivity index (χ0v) is 5.30. The number of rotatable bonds is 3. The largest absolute Gasteiger partial charge is 0.330 e. The van der Waals surface area contributed by atoms with E-state index in [1.807, 2.05) is 12.2 Å². The van der Waals surface area contributed by atoms with Crippen LogP contribution in [0.1, 0.15) is 6.92 Å². The molecule has 48 valence electrons. The molecule has 4 N–H and O–H groups in total. The molecule has 0 bridgehead atoms. The SMILES string of the molecule is CC(/C=C/CN)CN. The van der Waals surface area contributed by atoms with Crippen LogP contribution in [0.15, 0.2) is 12.2 Å². The highest BCUT2D eigenvalue weighted by atomic mass is 14.5. The molecule has 8 heavy (non-hydrogen) atoms. The molecule has 0 aromatic rings. The van der Waals surface area contributed by atoms with Crippen LogP contribution in [0.3, 0.4) is 0 Å². The van der Waals surface area contributed by atoms with Crippen LogP contribution in [0.2, 0.25) is 0 Å². The van der Waals surface area contributed by atoms with Crippen LogP contribution in [0, 0.1) is 5.92 Å². The summed E-state index contributed by atoms with van der Waals surface area (Å²) >= 11 is 0. The lowest BCUT2D eigenvalue weighted by molar-refractivity contribution is 0.738. The van der Waals surface area contributed by atoms with E-state index in [-0.39, 0.29) is 0 Å². The second-order valence-electron chi connectivity index (χ2n) is 1.88. The van der Waals surface area contributed by atoms with Crippen LogP contribution in [-0.2, 0) is 0 Å². The number of hydrogen-bond donors (Lipinski definition) is 2. The standard InChI is InChI=1S/C6H14N2/c1-6(5-8)3-2-4-7/h2-3,6H,4-5,7-8H2,1H3/b3-2+. The van der Waals surface area contributed by atoms with Crippen molar-refractivity contribution in [2.45, 2.75) is 6.92 Å². The smallest absolute Gasteiger partial charge is 0.0106 e. The van der Waals surface area contributed by atoms with E-state index in [2.05, 4.69) is 6.92 Å². The first-order valence-electron chi connectivity index (χ1n) is 2.88. The van der Waals surface area contributed by atoms with E-state index in [0.717, 1.165) is 0 Å². The van der Waals surface area contributed by atoms with Crippen LogP contribution in [0.25, 0.3) is 0 Å². The molecule has 1 unspecified atom stereocenters. The third-order valence-corrected chi connectivity index (χ3v) is 0.972. The Labute approximate surface area is 50.6 Å². The maximum atomic E-state index is 5.32. The lowest BCUT2D eigenvalue weighted by atomic mass is 10.2. The Morgan fingerprint density at radius 3 is 2.50 bits per heavy atom. The van der Waals surface area contributed by atoms with Gasteiger partial charge in [-0.1, -0.05) is 19.1 Å². The molecule has 0 amide bonds. The lowest BCUT2D eigenvalue weighted by Gasteiger charge is -1.96. The van der Waals surface area contributed by atoms with E-state index < -0.39 is 0 Å². The van der Waals surface area contributed by atoms with Gasteiger partial charge in [-0.2, -0.15) is 0 Å². The predicted molar refractivity (Wildman–Crippen MR) is 36.4 cm³/mol. The van der Waals surface area contributed by atoms with Crippen molar-refractivity contribution in [1.29, 1.82) is 0 Å². The van der Waals surface area contributed by atoms with Gasteiger partial charge in [0.05, 0.1) is 0 Å². The van der Waals surface area contributed by atoms with Gasteiger partial charge in [0.2, 0.25) is 0 Å². The fourth-order valence-electron chi connectivity index (χ4n) is 0.389. The van der Waals surface area contributed by atoms with Gasteiger partial charge in [0.25, 0.3) is 0 Å². The van der Waals surface area contributed by atoms with Gasteiger partial charge in [-0.15, -0.1) is 0 Å². The van der Waals surface area contributed by atoms with Crippen LogP contribution < -0.4 is 11.5 Å². The van der Waals surface area contributed by atoms with Crippen molar-refractivity contribution in [1.82, 2.24) is 0 Å². The number of hydrogen-bond acceptors (Lipinski definition) is 2. The second-order valence-corrected chi connectivity index (χ2v) is 1.88. The van der Waals surface area contributed by atoms with Crippen LogP contribution in [-0.4, -0.2) is 13.1 Å². The summed E-state index contributed by atoms with van der Waals surface area (Å²) in [6, 6.07) is 0. The first-order chi connectivity index (χ1) is 3.81. The van der Waals surface area contributed by atoms with E-state index in [9.17, 15) is 0 Å². The molecule has 0 aliphatic heterocycles. The molecule has 1 atom stereocenters. The van der Waals surface area contributed by atoms with E-state index in [4.69, 9.17) is 11.5 Å². The molecule has 0 aromatic heterocycles. The first kappa shape index (κ1) is 7.66. The molecule has 0 aliphatic rings. The molecule has 0 heterocycles. The van der Waals surface area contributed by atoms with Gasteiger partial charge < -0.3 is 11.5 Å². The highest BCUT2D eigenvalue weighted by molar-refractivity contribution is 4.87. The second kappa shape index (κ2) is 4.81. The average molecular weight is 114 g/mol. The Bertz CT molecular complexity index is 68.9. The highest BCUT2D eigenvalue weighted by Gasteiger charge is 1.87. The summed E-state index contributed by atoms with van der Waals surface area (Å²) in [5.41, 5.74) is 10.5. The normalized spacial score (nSPS) is 14.9. The molecule has 0 saturated heterocycles.